The fourth-order valence-electron chi connectivity index (χ4n) is 5.39. The third-order valence-electron chi connectivity index (χ3n) is 7.37. The van der Waals surface area contributed by atoms with Crippen molar-refractivity contribution in [3.05, 3.63) is 71.9 Å². The van der Waals surface area contributed by atoms with Gasteiger partial charge in [-0.25, -0.2) is 8.78 Å². The molecule has 2 amide bonds. The van der Waals surface area contributed by atoms with E-state index in [9.17, 15) is 18.4 Å². The summed E-state index contributed by atoms with van der Waals surface area (Å²) in [5.74, 6) is -2.61. The van der Waals surface area contributed by atoms with Gasteiger partial charge in [-0.3, -0.25) is 14.5 Å². The van der Waals surface area contributed by atoms with Crippen molar-refractivity contribution < 1.29 is 22.9 Å². The van der Waals surface area contributed by atoms with Crippen molar-refractivity contribution >= 4 is 17.5 Å². The highest BCUT2D eigenvalue weighted by atomic mass is 19.1. The van der Waals surface area contributed by atoms with Crippen LogP contribution in [-0.4, -0.2) is 47.0 Å². The van der Waals surface area contributed by atoms with E-state index in [0.717, 1.165) is 31.5 Å². The van der Waals surface area contributed by atoms with Crippen LogP contribution < -0.4 is 10.6 Å². The molecule has 9 heteroatoms. The minimum atomic E-state index is -0.809. The minimum absolute atomic E-state index is 0.00820. The number of aromatic nitrogens is 1. The summed E-state index contributed by atoms with van der Waals surface area (Å²) in [6, 6.07) is 13.7. The highest BCUT2D eigenvalue weighted by Crippen LogP contribution is 2.29. The van der Waals surface area contributed by atoms with Gasteiger partial charge in [0.15, 0.2) is 11.5 Å². The molecule has 1 saturated carbocycles. The van der Waals surface area contributed by atoms with Crippen LogP contribution in [0.1, 0.15) is 49.0 Å². The molecule has 2 aliphatic rings. The third-order valence-corrected chi connectivity index (χ3v) is 7.37. The van der Waals surface area contributed by atoms with Crippen LogP contribution in [0.2, 0.25) is 0 Å². The summed E-state index contributed by atoms with van der Waals surface area (Å²) in [5.41, 5.74) is 0.680. The Morgan fingerprint density at radius 2 is 1.76 bits per heavy atom. The predicted octanol–water partition coefficient (Wildman–Crippen LogP) is 5.01. The molecule has 0 bridgehead atoms. The lowest BCUT2D eigenvalue weighted by Crippen LogP contribution is -2.57. The zero-order valence-electron chi connectivity index (χ0n) is 20.5. The molecule has 7 nitrogen and oxygen atoms in total. The Hall–Kier alpha value is -3.59. The fourth-order valence-corrected chi connectivity index (χ4v) is 5.39. The van der Waals surface area contributed by atoms with E-state index in [2.05, 4.69) is 20.7 Å². The van der Waals surface area contributed by atoms with Crippen LogP contribution in [0.4, 0.5) is 14.5 Å². The number of piperidine rings is 1. The Kier molecular flexibility index (Phi) is 7.60. The molecule has 2 unspecified atom stereocenters. The monoisotopic (exact) mass is 508 g/mol. The smallest absolute Gasteiger partial charge is 0.273 e. The Morgan fingerprint density at radius 1 is 0.973 bits per heavy atom. The van der Waals surface area contributed by atoms with Gasteiger partial charge in [-0.1, -0.05) is 42.6 Å². The molecule has 2 aromatic carbocycles. The number of carbonyl (C=O) groups is 2. The van der Waals surface area contributed by atoms with Crippen molar-refractivity contribution in [2.75, 3.05) is 18.4 Å². The molecule has 194 valence electrons. The van der Waals surface area contributed by atoms with E-state index < -0.39 is 29.5 Å². The molecule has 5 rings (SSSR count). The summed E-state index contributed by atoms with van der Waals surface area (Å²) in [5, 5.41) is 9.74. The maximum atomic E-state index is 14.2. The molecule has 2 atom stereocenters. The van der Waals surface area contributed by atoms with Crippen LogP contribution in [0.15, 0.2) is 59.1 Å². The van der Waals surface area contributed by atoms with Crippen LogP contribution >= 0.6 is 0 Å². The van der Waals surface area contributed by atoms with Crippen molar-refractivity contribution in [3.63, 3.8) is 0 Å². The summed E-state index contributed by atoms with van der Waals surface area (Å²) >= 11 is 0. The van der Waals surface area contributed by atoms with Gasteiger partial charge >= 0.3 is 0 Å². The molecule has 2 heterocycles. The topological polar surface area (TPSA) is 87.5 Å². The fraction of sp³-hybridized carbons (Fsp3) is 0.393. The van der Waals surface area contributed by atoms with Gasteiger partial charge in [0.1, 0.15) is 11.6 Å². The summed E-state index contributed by atoms with van der Waals surface area (Å²) in [7, 11) is 0. The van der Waals surface area contributed by atoms with Gasteiger partial charge in [-0.2, -0.15) is 0 Å². The number of rotatable bonds is 6. The van der Waals surface area contributed by atoms with Gasteiger partial charge in [0.25, 0.3) is 5.91 Å². The van der Waals surface area contributed by atoms with Crippen LogP contribution in [0.5, 0.6) is 0 Å². The Morgan fingerprint density at radius 3 is 2.51 bits per heavy atom. The molecule has 1 aromatic heterocycles. The molecule has 0 radical (unpaired) electrons. The number of para-hydroxylation sites is 1. The molecule has 1 saturated heterocycles. The lowest BCUT2D eigenvalue weighted by molar-refractivity contribution is -0.122. The van der Waals surface area contributed by atoms with Gasteiger partial charge in [0, 0.05) is 43.0 Å². The summed E-state index contributed by atoms with van der Waals surface area (Å²) in [6.07, 6.45) is 6.53. The number of amides is 2. The van der Waals surface area contributed by atoms with E-state index in [-0.39, 0.29) is 22.9 Å². The van der Waals surface area contributed by atoms with Crippen molar-refractivity contribution in [2.45, 2.75) is 50.6 Å². The van der Waals surface area contributed by atoms with E-state index in [4.69, 9.17) is 4.52 Å². The molecule has 1 aliphatic heterocycles. The highest BCUT2D eigenvalue weighted by Gasteiger charge is 2.38. The largest absolute Gasteiger partial charge is 0.355 e. The lowest BCUT2D eigenvalue weighted by atomic mass is 9.87. The maximum Gasteiger partial charge on any atom is 0.273 e. The van der Waals surface area contributed by atoms with Crippen LogP contribution in [0.3, 0.4) is 0 Å². The first-order valence-electron chi connectivity index (χ1n) is 12.8. The predicted molar refractivity (Wildman–Crippen MR) is 135 cm³/mol. The molecule has 2 fully saturated rings. The Labute approximate surface area is 214 Å². The zero-order valence-corrected chi connectivity index (χ0v) is 20.5. The number of carbonyl (C=O) groups excluding carboxylic acids is 2. The first-order valence-corrected chi connectivity index (χ1v) is 12.8. The standard InChI is InChI=1S/C28H30F2N4O3/c29-18-11-12-21(23(30)15-18)26-16-25(33-37-26)28(36)32-24-13-14-34(20-9-5-2-6-10-20)17-22(24)27(35)31-19-7-3-1-4-8-19/h1,3-4,7-8,11-12,15-16,20,22,24H,2,5-6,9-10,13-14,17H2,(H,31,35)(H,32,36). The average molecular weight is 509 g/mol. The summed E-state index contributed by atoms with van der Waals surface area (Å²) < 4.78 is 32.6. The van der Waals surface area contributed by atoms with Gasteiger partial charge in [-0.05, 0) is 43.5 Å². The number of nitrogens with one attached hydrogen (secondary N) is 2. The molecule has 37 heavy (non-hydrogen) atoms. The number of nitrogens with zero attached hydrogens (tertiary/aromatic N) is 2. The average Bonchev–Trinajstić information content (AvgIpc) is 3.40. The normalized spacial score (nSPS) is 20.9. The second-order valence-electron chi connectivity index (χ2n) is 9.82. The van der Waals surface area contributed by atoms with Crippen molar-refractivity contribution in [3.8, 4) is 11.3 Å². The number of hydrogen-bond acceptors (Lipinski definition) is 5. The van der Waals surface area contributed by atoms with Gasteiger partial charge in [-0.15, -0.1) is 0 Å². The molecular weight excluding hydrogens is 478 g/mol. The maximum absolute atomic E-state index is 14.2. The van der Waals surface area contributed by atoms with Crippen molar-refractivity contribution in [2.24, 2.45) is 5.92 Å². The Bertz CT molecular complexity index is 1240. The van der Waals surface area contributed by atoms with Crippen LogP contribution in [-0.2, 0) is 4.79 Å². The van der Waals surface area contributed by atoms with Crippen LogP contribution in [0, 0.1) is 17.6 Å². The molecule has 2 N–H and O–H groups in total. The first-order chi connectivity index (χ1) is 18.0. The quantitative estimate of drug-likeness (QED) is 0.489. The van der Waals surface area contributed by atoms with Gasteiger partial charge in [0.05, 0.1) is 11.5 Å². The first kappa shape index (κ1) is 25.1. The van der Waals surface area contributed by atoms with E-state index >= 15 is 0 Å². The second-order valence-corrected chi connectivity index (χ2v) is 9.82. The lowest BCUT2D eigenvalue weighted by Gasteiger charge is -2.43. The second kappa shape index (κ2) is 11.2. The number of benzene rings is 2. The summed E-state index contributed by atoms with van der Waals surface area (Å²) in [4.78, 5) is 28.8. The molecular formula is C28H30F2N4O3. The molecule has 3 aromatic rings. The SMILES string of the molecule is O=C(NC1CCN(C2CCCCC2)CC1C(=O)Nc1ccccc1)c1cc(-c2ccc(F)cc2F)on1. The number of hydrogen-bond donors (Lipinski definition) is 2. The van der Waals surface area contributed by atoms with E-state index in [0.29, 0.717) is 24.7 Å². The van der Waals surface area contributed by atoms with Gasteiger partial charge < -0.3 is 15.2 Å². The zero-order chi connectivity index (χ0) is 25.8. The van der Waals surface area contributed by atoms with E-state index in [1.807, 2.05) is 30.3 Å². The summed E-state index contributed by atoms with van der Waals surface area (Å²) in [6.45, 7) is 1.34. The Balaban J connectivity index is 1.31. The van der Waals surface area contributed by atoms with E-state index in [1.165, 1.54) is 31.4 Å². The number of anilines is 1. The van der Waals surface area contributed by atoms with Crippen molar-refractivity contribution in [1.82, 2.24) is 15.4 Å². The highest BCUT2D eigenvalue weighted by molar-refractivity contribution is 5.96. The molecule has 0 spiro atoms. The number of halogens is 2. The number of likely N-dealkylation sites (tertiary alicyclic amines) is 1. The van der Waals surface area contributed by atoms with E-state index in [1.54, 1.807) is 0 Å². The van der Waals surface area contributed by atoms with Crippen molar-refractivity contribution in [1.29, 1.82) is 0 Å². The van der Waals surface area contributed by atoms with Crippen LogP contribution in [0.25, 0.3) is 11.3 Å². The van der Waals surface area contributed by atoms with Gasteiger partial charge in [0.2, 0.25) is 5.91 Å². The third kappa shape index (κ3) is 5.88. The minimum Gasteiger partial charge on any atom is -0.355 e. The molecule has 1 aliphatic carbocycles.